The zero-order valence-electron chi connectivity index (χ0n) is 16.0. The van der Waals surface area contributed by atoms with Crippen molar-refractivity contribution in [1.82, 2.24) is 10.6 Å². The van der Waals surface area contributed by atoms with Crippen molar-refractivity contribution in [3.63, 3.8) is 0 Å². The number of benzene rings is 2. The summed E-state index contributed by atoms with van der Waals surface area (Å²) in [5.41, 5.74) is 7.35. The molecule has 0 saturated carbocycles. The van der Waals surface area contributed by atoms with Gasteiger partial charge in [-0.2, -0.15) is 0 Å². The molecule has 1 heterocycles. The van der Waals surface area contributed by atoms with Gasteiger partial charge in [-0.1, -0.05) is 36.4 Å². The third-order valence-electron chi connectivity index (χ3n) is 4.40. The van der Waals surface area contributed by atoms with Crippen molar-refractivity contribution < 1.29 is 23.9 Å². The van der Waals surface area contributed by atoms with Gasteiger partial charge in [0, 0.05) is 5.57 Å². The molecule has 0 radical (unpaired) electrons. The van der Waals surface area contributed by atoms with Crippen LogP contribution in [0.2, 0.25) is 0 Å². The van der Waals surface area contributed by atoms with E-state index in [1.165, 1.54) is 14.0 Å². The monoisotopic (exact) mass is 395 g/mol. The van der Waals surface area contributed by atoms with Crippen molar-refractivity contribution in [1.29, 1.82) is 0 Å². The Morgan fingerprint density at radius 3 is 2.45 bits per heavy atom. The van der Waals surface area contributed by atoms with E-state index in [0.29, 0.717) is 28.3 Å². The molecule has 3 rings (SSSR count). The Balaban J connectivity index is 2.07. The maximum absolute atomic E-state index is 12.5. The highest BCUT2D eigenvalue weighted by atomic mass is 16.5. The number of ether oxygens (including phenoxy) is 2. The number of carbonyl (C=O) groups excluding carboxylic acids is 3. The molecule has 150 valence electrons. The van der Waals surface area contributed by atoms with Gasteiger partial charge in [0.2, 0.25) is 0 Å². The van der Waals surface area contributed by atoms with Gasteiger partial charge in [0.15, 0.2) is 23.9 Å². The molecular formula is C21H21N3O5. The maximum atomic E-state index is 12.5. The highest BCUT2D eigenvalue weighted by molar-refractivity contribution is 6.06. The number of hydrogen-bond acceptors (Lipinski definition) is 5. The Morgan fingerprint density at radius 1 is 1.10 bits per heavy atom. The summed E-state index contributed by atoms with van der Waals surface area (Å²) in [6.07, 6.45) is 0. The fraction of sp³-hybridized carbons (Fsp3) is 0.190. The van der Waals surface area contributed by atoms with Crippen molar-refractivity contribution in [3.05, 3.63) is 65.2 Å². The molecule has 0 fully saturated rings. The Bertz CT molecular complexity index is 985. The summed E-state index contributed by atoms with van der Waals surface area (Å²) in [5, 5.41) is 5.52. The minimum Gasteiger partial charge on any atom is -0.493 e. The average Bonchev–Trinajstić information content (AvgIpc) is 2.71. The Hall–Kier alpha value is -3.81. The number of methoxy groups -OCH3 is 1. The number of nitrogens with one attached hydrogen (secondary N) is 2. The first-order chi connectivity index (χ1) is 13.9. The van der Waals surface area contributed by atoms with Gasteiger partial charge in [0.05, 0.1) is 18.8 Å². The number of rotatable bonds is 7. The Morgan fingerprint density at radius 2 is 1.83 bits per heavy atom. The lowest BCUT2D eigenvalue weighted by Crippen LogP contribution is -2.44. The fourth-order valence-corrected chi connectivity index (χ4v) is 3.16. The third-order valence-corrected chi connectivity index (χ3v) is 4.40. The molecule has 1 aliphatic rings. The molecule has 29 heavy (non-hydrogen) atoms. The summed E-state index contributed by atoms with van der Waals surface area (Å²) in [5.74, 6) is -0.127. The summed E-state index contributed by atoms with van der Waals surface area (Å²) in [4.78, 5) is 35.8. The van der Waals surface area contributed by atoms with Crippen LogP contribution in [0.4, 0.5) is 4.79 Å². The average molecular weight is 395 g/mol. The van der Waals surface area contributed by atoms with Gasteiger partial charge >= 0.3 is 6.03 Å². The molecule has 0 bridgehead atoms. The molecule has 1 atom stereocenters. The van der Waals surface area contributed by atoms with E-state index < -0.39 is 18.0 Å². The zero-order chi connectivity index (χ0) is 21.0. The topological polar surface area (TPSA) is 120 Å². The molecule has 4 N–H and O–H groups in total. The van der Waals surface area contributed by atoms with Crippen molar-refractivity contribution in [2.24, 2.45) is 5.73 Å². The second-order valence-electron chi connectivity index (χ2n) is 6.41. The smallest absolute Gasteiger partial charge is 0.320 e. The number of carbonyl (C=O) groups is 3. The minimum atomic E-state index is -0.685. The predicted molar refractivity (Wildman–Crippen MR) is 106 cm³/mol. The van der Waals surface area contributed by atoms with Gasteiger partial charge in [-0.05, 0) is 30.2 Å². The molecule has 0 aliphatic carbocycles. The standard InChI is InChI=1S/C21H21N3O5/c1-12(25)18-19(13-6-4-3-5-7-13)23-21(27)24-20(18)14-8-9-15(16(10-14)28-2)29-11-17(22)26/h3-10,20H,11H2,1-2H3,(H2,22,26)(H2,23,24,27)/t20-/m0/s1. The van der Waals surface area contributed by atoms with E-state index >= 15 is 0 Å². The summed E-state index contributed by atoms with van der Waals surface area (Å²) >= 11 is 0. The first-order valence-electron chi connectivity index (χ1n) is 8.87. The lowest BCUT2D eigenvalue weighted by atomic mass is 9.90. The van der Waals surface area contributed by atoms with Crippen LogP contribution in [-0.4, -0.2) is 31.4 Å². The van der Waals surface area contributed by atoms with Crippen LogP contribution in [0.15, 0.2) is 54.1 Å². The van der Waals surface area contributed by atoms with E-state index in [9.17, 15) is 14.4 Å². The predicted octanol–water partition coefficient (Wildman–Crippen LogP) is 1.91. The number of primary amides is 1. The quantitative estimate of drug-likeness (QED) is 0.662. The van der Waals surface area contributed by atoms with Gasteiger partial charge in [0.25, 0.3) is 5.91 Å². The van der Waals surface area contributed by atoms with Crippen LogP contribution in [-0.2, 0) is 9.59 Å². The van der Waals surface area contributed by atoms with Gasteiger partial charge in [-0.15, -0.1) is 0 Å². The molecule has 0 unspecified atom stereocenters. The first kappa shape index (κ1) is 19.9. The number of hydrogen-bond donors (Lipinski definition) is 3. The van der Waals surface area contributed by atoms with Crippen molar-refractivity contribution in [2.45, 2.75) is 13.0 Å². The van der Waals surface area contributed by atoms with E-state index in [1.807, 2.05) is 30.3 Å². The van der Waals surface area contributed by atoms with E-state index in [2.05, 4.69) is 10.6 Å². The molecular weight excluding hydrogens is 374 g/mol. The molecule has 2 aromatic carbocycles. The number of urea groups is 1. The molecule has 8 heteroatoms. The van der Waals surface area contributed by atoms with E-state index in [4.69, 9.17) is 15.2 Å². The number of ketones is 1. The maximum Gasteiger partial charge on any atom is 0.320 e. The summed E-state index contributed by atoms with van der Waals surface area (Å²) in [6.45, 7) is 1.16. The lowest BCUT2D eigenvalue weighted by Gasteiger charge is -2.30. The normalized spacial score (nSPS) is 15.9. The third kappa shape index (κ3) is 4.37. The van der Waals surface area contributed by atoms with E-state index in [0.717, 1.165) is 5.56 Å². The van der Waals surface area contributed by atoms with Crippen LogP contribution in [0, 0.1) is 0 Å². The molecule has 2 aromatic rings. The number of nitrogens with two attached hydrogens (primary N) is 1. The molecule has 8 nitrogen and oxygen atoms in total. The Labute approximate surface area is 167 Å². The SMILES string of the molecule is COc1cc([C@@H]2NC(=O)NC(c3ccccc3)=C2C(C)=O)ccc1OCC(N)=O. The second kappa shape index (κ2) is 8.47. The summed E-state index contributed by atoms with van der Waals surface area (Å²) < 4.78 is 10.7. The van der Waals surface area contributed by atoms with Crippen LogP contribution >= 0.6 is 0 Å². The lowest BCUT2D eigenvalue weighted by molar-refractivity contribution is -0.120. The van der Waals surface area contributed by atoms with Gasteiger partial charge in [-0.25, -0.2) is 4.79 Å². The van der Waals surface area contributed by atoms with Gasteiger partial charge < -0.3 is 25.8 Å². The van der Waals surface area contributed by atoms with E-state index in [1.54, 1.807) is 18.2 Å². The minimum absolute atomic E-state index is 0.186. The number of Topliss-reactive ketones (excluding diaryl/α,β-unsaturated/α-hetero) is 1. The van der Waals surface area contributed by atoms with Crippen LogP contribution in [0.3, 0.4) is 0 Å². The van der Waals surface area contributed by atoms with Crippen LogP contribution < -0.4 is 25.8 Å². The summed E-state index contributed by atoms with van der Waals surface area (Å²) in [7, 11) is 1.45. The van der Waals surface area contributed by atoms with Gasteiger partial charge in [0.1, 0.15) is 0 Å². The van der Waals surface area contributed by atoms with Crippen LogP contribution in [0.5, 0.6) is 11.5 Å². The molecule has 1 aliphatic heterocycles. The highest BCUT2D eigenvalue weighted by Crippen LogP contribution is 2.36. The highest BCUT2D eigenvalue weighted by Gasteiger charge is 2.32. The largest absolute Gasteiger partial charge is 0.493 e. The zero-order valence-corrected chi connectivity index (χ0v) is 16.0. The Kier molecular flexibility index (Phi) is 5.82. The van der Waals surface area contributed by atoms with Crippen LogP contribution in [0.25, 0.3) is 5.70 Å². The van der Waals surface area contributed by atoms with E-state index in [-0.39, 0.29) is 12.4 Å². The van der Waals surface area contributed by atoms with Crippen LogP contribution in [0.1, 0.15) is 24.1 Å². The van der Waals surface area contributed by atoms with Crippen molar-refractivity contribution in [3.8, 4) is 11.5 Å². The molecule has 0 aromatic heterocycles. The first-order valence-corrected chi connectivity index (χ1v) is 8.87. The number of amides is 3. The second-order valence-corrected chi connectivity index (χ2v) is 6.41. The fourth-order valence-electron chi connectivity index (χ4n) is 3.16. The van der Waals surface area contributed by atoms with Gasteiger partial charge in [-0.3, -0.25) is 9.59 Å². The summed E-state index contributed by atoms with van der Waals surface area (Å²) in [6, 6.07) is 13.0. The van der Waals surface area contributed by atoms with Crippen molar-refractivity contribution >= 4 is 23.4 Å². The molecule has 3 amide bonds. The molecule has 0 saturated heterocycles. The molecule has 0 spiro atoms. The van der Waals surface area contributed by atoms with Crippen molar-refractivity contribution in [2.75, 3.05) is 13.7 Å².